The molecule has 0 unspecified atom stereocenters. The standard InChI is InChI=1S/C20H20ClN3O/c1-14-19(15(2)24(22-14)18-7-5-4-6-8-18)20(25)23(3)13-16-9-11-17(21)12-10-16/h4-12H,13H2,1-3H3. The lowest BCUT2D eigenvalue weighted by Crippen LogP contribution is -2.27. The zero-order valence-electron chi connectivity index (χ0n) is 14.5. The monoisotopic (exact) mass is 353 g/mol. The van der Waals surface area contributed by atoms with E-state index < -0.39 is 0 Å². The first-order valence-electron chi connectivity index (χ1n) is 8.09. The van der Waals surface area contributed by atoms with Gasteiger partial charge in [-0.15, -0.1) is 0 Å². The van der Waals surface area contributed by atoms with Gasteiger partial charge in [0, 0.05) is 18.6 Å². The zero-order chi connectivity index (χ0) is 18.0. The second-order valence-corrected chi connectivity index (χ2v) is 6.52. The molecule has 0 spiro atoms. The minimum atomic E-state index is -0.0351. The van der Waals surface area contributed by atoms with Crippen LogP contribution in [0.4, 0.5) is 0 Å². The molecular weight excluding hydrogens is 334 g/mol. The highest BCUT2D eigenvalue weighted by molar-refractivity contribution is 6.30. The molecule has 1 amide bonds. The minimum absolute atomic E-state index is 0.0351. The third kappa shape index (κ3) is 3.59. The topological polar surface area (TPSA) is 38.1 Å². The summed E-state index contributed by atoms with van der Waals surface area (Å²) in [7, 11) is 1.80. The first-order valence-corrected chi connectivity index (χ1v) is 8.46. The fourth-order valence-corrected chi connectivity index (χ4v) is 3.03. The van der Waals surface area contributed by atoms with Gasteiger partial charge in [-0.3, -0.25) is 4.79 Å². The van der Waals surface area contributed by atoms with Gasteiger partial charge in [0.05, 0.1) is 22.6 Å². The van der Waals surface area contributed by atoms with E-state index in [4.69, 9.17) is 11.6 Å². The number of halogens is 1. The van der Waals surface area contributed by atoms with Crippen LogP contribution < -0.4 is 0 Å². The number of carbonyl (C=O) groups is 1. The van der Waals surface area contributed by atoms with E-state index in [1.54, 1.807) is 11.9 Å². The van der Waals surface area contributed by atoms with Crippen LogP contribution in [0.15, 0.2) is 54.6 Å². The van der Waals surface area contributed by atoms with E-state index in [2.05, 4.69) is 5.10 Å². The summed E-state index contributed by atoms with van der Waals surface area (Å²) in [6.45, 7) is 4.32. The molecule has 0 aliphatic heterocycles. The number of carbonyl (C=O) groups excluding carboxylic acids is 1. The third-order valence-corrected chi connectivity index (χ3v) is 4.44. The number of rotatable bonds is 4. The van der Waals surface area contributed by atoms with Gasteiger partial charge in [0.2, 0.25) is 0 Å². The van der Waals surface area contributed by atoms with Crippen LogP contribution in [0.1, 0.15) is 27.3 Å². The number of hydrogen-bond acceptors (Lipinski definition) is 2. The SMILES string of the molecule is Cc1nn(-c2ccccc2)c(C)c1C(=O)N(C)Cc1ccc(Cl)cc1. The fourth-order valence-electron chi connectivity index (χ4n) is 2.90. The fraction of sp³-hybridized carbons (Fsp3) is 0.200. The predicted molar refractivity (Wildman–Crippen MR) is 100 cm³/mol. The molecule has 4 nitrogen and oxygen atoms in total. The normalized spacial score (nSPS) is 10.7. The highest BCUT2D eigenvalue weighted by atomic mass is 35.5. The van der Waals surface area contributed by atoms with Crippen molar-refractivity contribution in [1.29, 1.82) is 0 Å². The smallest absolute Gasteiger partial charge is 0.257 e. The molecule has 0 bridgehead atoms. The van der Waals surface area contributed by atoms with Crippen molar-refractivity contribution in [2.75, 3.05) is 7.05 Å². The van der Waals surface area contributed by atoms with Crippen LogP contribution in [-0.4, -0.2) is 27.6 Å². The molecule has 0 aliphatic carbocycles. The number of aromatic nitrogens is 2. The lowest BCUT2D eigenvalue weighted by molar-refractivity contribution is 0.0783. The van der Waals surface area contributed by atoms with Gasteiger partial charge in [0.25, 0.3) is 5.91 Å². The van der Waals surface area contributed by atoms with E-state index in [9.17, 15) is 4.79 Å². The molecule has 0 N–H and O–H groups in total. The van der Waals surface area contributed by atoms with Crippen molar-refractivity contribution in [3.8, 4) is 5.69 Å². The summed E-state index contributed by atoms with van der Waals surface area (Å²) in [5.41, 5.74) is 4.21. The highest BCUT2D eigenvalue weighted by Gasteiger charge is 2.22. The molecule has 2 aromatic carbocycles. The Morgan fingerprint density at radius 1 is 1.08 bits per heavy atom. The summed E-state index contributed by atoms with van der Waals surface area (Å²) in [5, 5.41) is 5.24. The van der Waals surface area contributed by atoms with E-state index in [1.165, 1.54) is 0 Å². The quantitative estimate of drug-likeness (QED) is 0.696. The van der Waals surface area contributed by atoms with Crippen LogP contribution in [0.5, 0.6) is 0 Å². The molecule has 0 saturated heterocycles. The maximum absolute atomic E-state index is 12.9. The van der Waals surface area contributed by atoms with Crippen LogP contribution in [0.25, 0.3) is 5.69 Å². The average molecular weight is 354 g/mol. The summed E-state index contributed by atoms with van der Waals surface area (Å²) >= 11 is 5.92. The number of aryl methyl sites for hydroxylation is 1. The van der Waals surface area contributed by atoms with Crippen molar-refractivity contribution in [2.45, 2.75) is 20.4 Å². The number of benzene rings is 2. The van der Waals surface area contributed by atoms with Gasteiger partial charge in [-0.2, -0.15) is 5.10 Å². The van der Waals surface area contributed by atoms with E-state index >= 15 is 0 Å². The van der Waals surface area contributed by atoms with E-state index in [0.29, 0.717) is 17.1 Å². The average Bonchev–Trinajstić information content (AvgIpc) is 2.91. The van der Waals surface area contributed by atoms with Crippen molar-refractivity contribution < 1.29 is 4.79 Å². The zero-order valence-corrected chi connectivity index (χ0v) is 15.3. The number of para-hydroxylation sites is 1. The molecule has 0 atom stereocenters. The van der Waals surface area contributed by atoms with Crippen LogP contribution in [-0.2, 0) is 6.54 Å². The highest BCUT2D eigenvalue weighted by Crippen LogP contribution is 2.20. The van der Waals surface area contributed by atoms with Crippen LogP contribution in [0.3, 0.4) is 0 Å². The second-order valence-electron chi connectivity index (χ2n) is 6.08. The Bertz CT molecular complexity index is 885. The number of nitrogens with zero attached hydrogens (tertiary/aromatic N) is 3. The summed E-state index contributed by atoms with van der Waals surface area (Å²) in [6.07, 6.45) is 0. The molecule has 128 valence electrons. The van der Waals surface area contributed by atoms with Gasteiger partial charge in [-0.25, -0.2) is 4.68 Å². The van der Waals surface area contributed by atoms with Crippen LogP contribution in [0, 0.1) is 13.8 Å². The third-order valence-electron chi connectivity index (χ3n) is 4.19. The predicted octanol–water partition coefficient (Wildman–Crippen LogP) is 4.41. The minimum Gasteiger partial charge on any atom is -0.337 e. The Morgan fingerprint density at radius 3 is 2.36 bits per heavy atom. The van der Waals surface area contributed by atoms with Gasteiger partial charge < -0.3 is 4.90 Å². The molecular formula is C20H20ClN3O. The van der Waals surface area contributed by atoms with E-state index in [1.807, 2.05) is 73.1 Å². The molecule has 0 radical (unpaired) electrons. The molecule has 0 aliphatic rings. The van der Waals surface area contributed by atoms with Gasteiger partial charge in [0.1, 0.15) is 0 Å². The van der Waals surface area contributed by atoms with Gasteiger partial charge in [-0.05, 0) is 43.7 Å². The summed E-state index contributed by atoms with van der Waals surface area (Å²) in [5.74, 6) is -0.0351. The molecule has 0 fully saturated rings. The second kappa shape index (κ2) is 7.11. The largest absolute Gasteiger partial charge is 0.337 e. The molecule has 1 aromatic heterocycles. The van der Waals surface area contributed by atoms with Gasteiger partial charge >= 0.3 is 0 Å². The molecule has 0 saturated carbocycles. The van der Waals surface area contributed by atoms with E-state index in [0.717, 1.165) is 22.6 Å². The van der Waals surface area contributed by atoms with Crippen molar-refractivity contribution in [3.63, 3.8) is 0 Å². The number of amides is 1. The van der Waals surface area contributed by atoms with Crippen molar-refractivity contribution in [2.24, 2.45) is 0 Å². The maximum atomic E-state index is 12.9. The Kier molecular flexibility index (Phi) is 4.91. The summed E-state index contributed by atoms with van der Waals surface area (Å²) in [4.78, 5) is 14.7. The molecule has 5 heteroatoms. The van der Waals surface area contributed by atoms with Crippen molar-refractivity contribution >= 4 is 17.5 Å². The molecule has 3 aromatic rings. The van der Waals surface area contributed by atoms with Gasteiger partial charge in [0.15, 0.2) is 0 Å². The first kappa shape index (κ1) is 17.2. The van der Waals surface area contributed by atoms with E-state index in [-0.39, 0.29) is 5.91 Å². The summed E-state index contributed by atoms with van der Waals surface area (Å²) in [6, 6.07) is 17.4. The van der Waals surface area contributed by atoms with Crippen molar-refractivity contribution in [1.82, 2.24) is 14.7 Å². The van der Waals surface area contributed by atoms with Gasteiger partial charge in [-0.1, -0.05) is 41.9 Å². The van der Waals surface area contributed by atoms with Crippen molar-refractivity contribution in [3.05, 3.63) is 82.1 Å². The molecule has 1 heterocycles. The maximum Gasteiger partial charge on any atom is 0.257 e. The van der Waals surface area contributed by atoms with Crippen LogP contribution in [0.2, 0.25) is 5.02 Å². The Labute approximate surface area is 152 Å². The lowest BCUT2D eigenvalue weighted by atomic mass is 10.1. The summed E-state index contributed by atoms with van der Waals surface area (Å²) < 4.78 is 1.82. The van der Waals surface area contributed by atoms with Crippen LogP contribution >= 0.6 is 11.6 Å². The first-order chi connectivity index (χ1) is 12.0. The Balaban J connectivity index is 1.87. The Hall–Kier alpha value is -2.59. The lowest BCUT2D eigenvalue weighted by Gasteiger charge is -2.17. The Morgan fingerprint density at radius 2 is 1.72 bits per heavy atom. The molecule has 3 rings (SSSR count). The molecule has 25 heavy (non-hydrogen) atoms. The number of hydrogen-bond donors (Lipinski definition) is 0.